The maximum Gasteiger partial charge on any atom is 0.337 e. The number of anilines is 2. The van der Waals surface area contributed by atoms with Gasteiger partial charge < -0.3 is 14.8 Å². The van der Waals surface area contributed by atoms with Gasteiger partial charge in [-0.1, -0.05) is 36.4 Å². The molecule has 9 heteroatoms. The van der Waals surface area contributed by atoms with Gasteiger partial charge in [-0.15, -0.1) is 0 Å². The minimum atomic E-state index is -3.83. The number of carbonyl (C=O) groups is 2. The molecule has 0 unspecified atom stereocenters. The van der Waals surface area contributed by atoms with Crippen LogP contribution in [0.3, 0.4) is 0 Å². The molecule has 0 aliphatic heterocycles. The van der Waals surface area contributed by atoms with E-state index in [0.29, 0.717) is 11.4 Å². The first-order valence-corrected chi connectivity index (χ1v) is 11.4. The van der Waals surface area contributed by atoms with Crippen LogP contribution in [0.5, 0.6) is 11.5 Å². The molecule has 0 saturated heterocycles. The normalized spacial score (nSPS) is 10.8. The maximum atomic E-state index is 12.7. The summed E-state index contributed by atoms with van der Waals surface area (Å²) in [6.45, 7) is -0.490. The van der Waals surface area contributed by atoms with Crippen molar-refractivity contribution < 1.29 is 27.5 Å². The summed E-state index contributed by atoms with van der Waals surface area (Å²) < 4.78 is 36.6. The molecular weight excluding hydrogens is 432 g/mol. The van der Waals surface area contributed by atoms with E-state index in [9.17, 15) is 18.0 Å². The van der Waals surface area contributed by atoms with Crippen LogP contribution in [0.1, 0.15) is 10.4 Å². The van der Waals surface area contributed by atoms with Crippen molar-refractivity contribution in [1.29, 1.82) is 0 Å². The average molecular weight is 455 g/mol. The topological polar surface area (TPSA) is 102 Å². The van der Waals surface area contributed by atoms with Gasteiger partial charge >= 0.3 is 5.97 Å². The first-order chi connectivity index (χ1) is 15.3. The van der Waals surface area contributed by atoms with E-state index >= 15 is 0 Å². The van der Waals surface area contributed by atoms with Crippen LogP contribution < -0.4 is 14.4 Å². The molecule has 0 aliphatic rings. The Kier molecular flexibility index (Phi) is 7.11. The molecule has 0 radical (unpaired) electrons. The summed E-state index contributed by atoms with van der Waals surface area (Å²) in [4.78, 5) is 24.4. The van der Waals surface area contributed by atoms with Crippen LogP contribution in [0, 0.1) is 0 Å². The molecule has 1 N–H and O–H groups in total. The van der Waals surface area contributed by atoms with Gasteiger partial charge in [0.05, 0.1) is 24.6 Å². The number of methoxy groups -OCH3 is 1. The van der Waals surface area contributed by atoms with Gasteiger partial charge in [0, 0.05) is 5.69 Å². The van der Waals surface area contributed by atoms with Crippen molar-refractivity contribution in [1.82, 2.24) is 0 Å². The van der Waals surface area contributed by atoms with Gasteiger partial charge in [0.15, 0.2) is 5.75 Å². The number of nitrogens with zero attached hydrogens (tertiary/aromatic N) is 1. The molecule has 3 aromatic carbocycles. The molecule has 0 fully saturated rings. The second kappa shape index (κ2) is 9.97. The van der Waals surface area contributed by atoms with Crippen LogP contribution in [-0.2, 0) is 19.6 Å². The Hall–Kier alpha value is -3.85. The quantitative estimate of drug-likeness (QED) is 0.521. The van der Waals surface area contributed by atoms with Crippen LogP contribution in [-0.4, -0.2) is 40.2 Å². The summed E-state index contributed by atoms with van der Waals surface area (Å²) in [5.74, 6) is -0.333. The van der Waals surface area contributed by atoms with E-state index in [0.717, 1.165) is 10.6 Å². The summed E-state index contributed by atoms with van der Waals surface area (Å²) in [5, 5.41) is 2.61. The number of ether oxygens (including phenoxy) is 2. The summed E-state index contributed by atoms with van der Waals surface area (Å²) in [7, 11) is -2.57. The van der Waals surface area contributed by atoms with E-state index in [1.54, 1.807) is 66.7 Å². The van der Waals surface area contributed by atoms with Crippen molar-refractivity contribution in [2.75, 3.05) is 29.5 Å². The highest BCUT2D eigenvalue weighted by Gasteiger charge is 2.24. The standard InChI is InChI=1S/C23H22N2O6S/c1-30-23(27)17-9-8-10-18(15-17)24-22(26)16-25(32(2,28)29)20-13-6-7-14-21(20)31-19-11-4-3-5-12-19/h3-15H,16H2,1-2H3,(H,24,26). The fraction of sp³-hybridized carbons (Fsp3) is 0.130. The van der Waals surface area contributed by atoms with Crippen LogP contribution >= 0.6 is 0 Å². The number of benzene rings is 3. The molecule has 0 aliphatic carbocycles. The largest absolute Gasteiger partial charge is 0.465 e. The first-order valence-electron chi connectivity index (χ1n) is 9.56. The molecule has 0 bridgehead atoms. The highest BCUT2D eigenvalue weighted by atomic mass is 32.2. The Labute approximate surface area is 186 Å². The van der Waals surface area contributed by atoms with Crippen LogP contribution in [0.15, 0.2) is 78.9 Å². The van der Waals surface area contributed by atoms with Crippen LogP contribution in [0.25, 0.3) is 0 Å². The van der Waals surface area contributed by atoms with Crippen molar-refractivity contribution in [2.24, 2.45) is 0 Å². The van der Waals surface area contributed by atoms with Crippen LogP contribution in [0.4, 0.5) is 11.4 Å². The second-order valence-electron chi connectivity index (χ2n) is 6.77. The number of rotatable bonds is 8. The molecule has 1 amide bonds. The van der Waals surface area contributed by atoms with Gasteiger partial charge in [-0.3, -0.25) is 9.10 Å². The summed E-state index contributed by atoms with van der Waals surface area (Å²) in [6, 6.07) is 21.6. The molecule has 0 heterocycles. The summed E-state index contributed by atoms with van der Waals surface area (Å²) in [5.41, 5.74) is 0.810. The van der Waals surface area contributed by atoms with E-state index < -0.39 is 28.4 Å². The third kappa shape index (κ3) is 5.86. The predicted molar refractivity (Wildman–Crippen MR) is 122 cm³/mol. The van der Waals surface area contributed by atoms with Gasteiger partial charge in [0.25, 0.3) is 0 Å². The zero-order valence-electron chi connectivity index (χ0n) is 17.5. The number of hydrogen-bond acceptors (Lipinski definition) is 6. The Bertz CT molecular complexity index is 1210. The number of sulfonamides is 1. The van der Waals surface area contributed by atoms with Crippen molar-refractivity contribution in [3.8, 4) is 11.5 Å². The molecule has 3 aromatic rings. The number of nitrogens with one attached hydrogen (secondary N) is 1. The van der Waals surface area contributed by atoms with Crippen molar-refractivity contribution >= 4 is 33.3 Å². The molecular formula is C23H22N2O6S. The van der Waals surface area contributed by atoms with Crippen molar-refractivity contribution in [3.05, 3.63) is 84.4 Å². The smallest absolute Gasteiger partial charge is 0.337 e. The maximum absolute atomic E-state index is 12.7. The first kappa shape index (κ1) is 22.8. The van der Waals surface area contributed by atoms with E-state index in [2.05, 4.69) is 10.1 Å². The van der Waals surface area contributed by atoms with E-state index in [1.165, 1.54) is 13.2 Å². The van der Waals surface area contributed by atoms with Crippen molar-refractivity contribution in [3.63, 3.8) is 0 Å². The van der Waals surface area contributed by atoms with Gasteiger partial charge in [-0.25, -0.2) is 13.2 Å². The lowest BCUT2D eigenvalue weighted by molar-refractivity contribution is -0.114. The number of carbonyl (C=O) groups excluding carboxylic acids is 2. The second-order valence-corrected chi connectivity index (χ2v) is 8.68. The Balaban J connectivity index is 1.85. The van der Waals surface area contributed by atoms with Gasteiger partial charge in [-0.05, 0) is 42.5 Å². The lowest BCUT2D eigenvalue weighted by atomic mass is 10.2. The van der Waals surface area contributed by atoms with Gasteiger partial charge in [0.1, 0.15) is 12.3 Å². The Morgan fingerprint density at radius 3 is 2.31 bits per heavy atom. The van der Waals surface area contributed by atoms with E-state index in [4.69, 9.17) is 4.74 Å². The van der Waals surface area contributed by atoms with Crippen LogP contribution in [0.2, 0.25) is 0 Å². The molecule has 0 spiro atoms. The Morgan fingerprint density at radius 1 is 0.938 bits per heavy atom. The fourth-order valence-electron chi connectivity index (χ4n) is 2.92. The predicted octanol–water partition coefficient (Wildman–Crippen LogP) is 3.67. The third-order valence-corrected chi connectivity index (χ3v) is 5.49. The SMILES string of the molecule is COC(=O)c1cccc(NC(=O)CN(c2ccccc2Oc2ccccc2)S(C)(=O)=O)c1. The van der Waals surface area contributed by atoms with E-state index in [-0.39, 0.29) is 17.0 Å². The highest BCUT2D eigenvalue weighted by molar-refractivity contribution is 7.92. The monoisotopic (exact) mass is 454 g/mol. The lowest BCUT2D eigenvalue weighted by Gasteiger charge is -2.24. The molecule has 0 atom stereocenters. The molecule has 0 aromatic heterocycles. The minimum Gasteiger partial charge on any atom is -0.465 e. The number of amides is 1. The molecule has 166 valence electrons. The fourth-order valence-corrected chi connectivity index (χ4v) is 3.78. The number of hydrogen-bond donors (Lipinski definition) is 1. The molecule has 0 saturated carbocycles. The Morgan fingerprint density at radius 2 is 1.62 bits per heavy atom. The zero-order chi connectivity index (χ0) is 23.1. The average Bonchev–Trinajstić information content (AvgIpc) is 2.77. The van der Waals surface area contributed by atoms with Gasteiger partial charge in [0.2, 0.25) is 15.9 Å². The van der Waals surface area contributed by atoms with Crippen molar-refractivity contribution in [2.45, 2.75) is 0 Å². The molecule has 32 heavy (non-hydrogen) atoms. The summed E-state index contributed by atoms with van der Waals surface area (Å²) in [6.07, 6.45) is 1.01. The zero-order valence-corrected chi connectivity index (χ0v) is 18.3. The lowest BCUT2D eigenvalue weighted by Crippen LogP contribution is -2.37. The minimum absolute atomic E-state index is 0.220. The summed E-state index contributed by atoms with van der Waals surface area (Å²) >= 11 is 0. The molecule has 8 nitrogen and oxygen atoms in total. The third-order valence-electron chi connectivity index (χ3n) is 4.36. The number of para-hydroxylation sites is 3. The van der Waals surface area contributed by atoms with Gasteiger partial charge in [-0.2, -0.15) is 0 Å². The number of esters is 1. The van der Waals surface area contributed by atoms with E-state index in [1.807, 2.05) is 6.07 Å². The highest BCUT2D eigenvalue weighted by Crippen LogP contribution is 2.33. The molecule has 3 rings (SSSR count).